The van der Waals surface area contributed by atoms with Gasteiger partial charge in [-0.25, -0.2) is 14.6 Å². The first-order chi connectivity index (χ1) is 13.1. The van der Waals surface area contributed by atoms with Crippen molar-refractivity contribution in [2.24, 2.45) is 0 Å². The van der Waals surface area contributed by atoms with Crippen molar-refractivity contribution in [3.05, 3.63) is 71.4 Å². The van der Waals surface area contributed by atoms with Gasteiger partial charge in [-0.2, -0.15) is 5.26 Å². The predicted octanol–water partition coefficient (Wildman–Crippen LogP) is 3.75. The van der Waals surface area contributed by atoms with Crippen LogP contribution in [0, 0.1) is 11.3 Å². The fraction of sp³-hybridized carbons (Fsp3) is 0.100. The number of nitrogens with zero attached hydrogens (tertiary/aromatic N) is 2. The summed E-state index contributed by atoms with van der Waals surface area (Å²) in [5.74, 6) is -1.28. The minimum absolute atomic E-state index is 0.0427. The van der Waals surface area contributed by atoms with Crippen LogP contribution in [-0.2, 0) is 17.8 Å². The van der Waals surface area contributed by atoms with E-state index in [9.17, 15) is 14.7 Å². The molecule has 2 aromatic carbocycles. The quantitative estimate of drug-likeness (QED) is 0.716. The third kappa shape index (κ3) is 4.38. The monoisotopic (exact) mass is 361 g/mol. The van der Waals surface area contributed by atoms with E-state index in [-0.39, 0.29) is 24.4 Å². The number of ether oxygens (including phenoxy) is 1. The molecule has 7 nitrogen and oxygen atoms in total. The van der Waals surface area contributed by atoms with E-state index in [0.29, 0.717) is 10.9 Å². The zero-order valence-corrected chi connectivity index (χ0v) is 14.2. The topological polar surface area (TPSA) is 112 Å². The summed E-state index contributed by atoms with van der Waals surface area (Å²) in [7, 11) is 0. The normalized spacial score (nSPS) is 10.2. The fourth-order valence-electron chi connectivity index (χ4n) is 2.54. The lowest BCUT2D eigenvalue weighted by Gasteiger charge is -2.11. The van der Waals surface area contributed by atoms with Gasteiger partial charge in [0.1, 0.15) is 6.61 Å². The van der Waals surface area contributed by atoms with Gasteiger partial charge in [0, 0.05) is 5.39 Å². The highest BCUT2D eigenvalue weighted by molar-refractivity contribution is 6.00. The third-order valence-electron chi connectivity index (χ3n) is 3.82. The Bertz CT molecular complexity index is 1040. The van der Waals surface area contributed by atoms with E-state index in [2.05, 4.69) is 10.3 Å². The Balaban J connectivity index is 1.83. The lowest BCUT2D eigenvalue weighted by molar-refractivity contribution is 0.0692. The molecule has 0 saturated carbocycles. The number of carboxylic acids is 1. The minimum Gasteiger partial charge on any atom is -0.476 e. The first kappa shape index (κ1) is 17.9. The summed E-state index contributed by atoms with van der Waals surface area (Å²) >= 11 is 0. The Morgan fingerprint density at radius 3 is 2.59 bits per heavy atom. The maximum absolute atomic E-state index is 12.0. The molecule has 0 radical (unpaired) electrons. The van der Waals surface area contributed by atoms with Crippen molar-refractivity contribution in [3.63, 3.8) is 0 Å². The van der Waals surface area contributed by atoms with Gasteiger partial charge in [-0.3, -0.25) is 5.32 Å². The highest BCUT2D eigenvalue weighted by atomic mass is 16.5. The Morgan fingerprint density at radius 1 is 1.11 bits per heavy atom. The van der Waals surface area contributed by atoms with Crippen LogP contribution in [-0.4, -0.2) is 22.2 Å². The Morgan fingerprint density at radius 2 is 1.89 bits per heavy atom. The number of carbonyl (C=O) groups excluding carboxylic acids is 1. The van der Waals surface area contributed by atoms with Crippen LogP contribution in [0.1, 0.15) is 21.6 Å². The molecule has 7 heteroatoms. The lowest BCUT2D eigenvalue weighted by atomic mass is 10.1. The molecule has 0 bridgehead atoms. The van der Waals surface area contributed by atoms with Crippen molar-refractivity contribution in [2.45, 2.75) is 13.0 Å². The molecule has 2 N–H and O–H groups in total. The molecule has 27 heavy (non-hydrogen) atoms. The van der Waals surface area contributed by atoms with Gasteiger partial charge >= 0.3 is 12.1 Å². The van der Waals surface area contributed by atoms with Crippen molar-refractivity contribution in [3.8, 4) is 6.07 Å². The molecular formula is C20H15N3O4. The summed E-state index contributed by atoms with van der Waals surface area (Å²) in [6, 6.07) is 17.8. The largest absolute Gasteiger partial charge is 0.476 e. The Kier molecular flexibility index (Phi) is 5.28. The molecule has 1 aromatic heterocycles. The van der Waals surface area contributed by atoms with E-state index < -0.39 is 12.1 Å². The molecular weight excluding hydrogens is 346 g/mol. The number of hydrogen-bond donors (Lipinski definition) is 2. The van der Waals surface area contributed by atoms with Crippen molar-refractivity contribution in [1.29, 1.82) is 5.26 Å². The number of fused-ring (bicyclic) bond motifs is 1. The van der Waals surface area contributed by atoms with E-state index in [1.54, 1.807) is 18.2 Å². The van der Waals surface area contributed by atoms with Crippen LogP contribution in [0.2, 0.25) is 0 Å². The number of nitrogens with one attached hydrogen (secondary N) is 1. The second-order valence-electron chi connectivity index (χ2n) is 5.74. The first-order valence-corrected chi connectivity index (χ1v) is 8.08. The maximum Gasteiger partial charge on any atom is 0.412 e. The second kappa shape index (κ2) is 7.97. The number of anilines is 1. The molecule has 1 heterocycles. The lowest BCUT2D eigenvalue weighted by Crippen LogP contribution is -2.17. The summed E-state index contributed by atoms with van der Waals surface area (Å²) < 4.78 is 5.12. The molecule has 0 aliphatic heterocycles. The number of pyridine rings is 1. The van der Waals surface area contributed by atoms with Crippen LogP contribution in [0.25, 0.3) is 10.9 Å². The standard InChI is InChI=1S/C20H15N3O4/c21-9-8-13-6-7-15-11-17(18(19(24)25)22-16(15)10-13)23-20(26)27-12-14-4-2-1-3-5-14/h1-7,10-11H,8,12H2,(H,23,26)(H,24,25). The van der Waals surface area contributed by atoms with Crippen molar-refractivity contribution in [2.75, 3.05) is 5.32 Å². The number of amides is 1. The fourth-order valence-corrected chi connectivity index (χ4v) is 2.54. The van der Waals surface area contributed by atoms with Crippen molar-refractivity contribution in [1.82, 2.24) is 4.98 Å². The molecule has 0 aliphatic carbocycles. The molecule has 0 fully saturated rings. The second-order valence-corrected chi connectivity index (χ2v) is 5.74. The minimum atomic E-state index is -1.28. The molecule has 0 spiro atoms. The Labute approximate surface area is 154 Å². The average Bonchev–Trinajstić information content (AvgIpc) is 2.67. The van der Waals surface area contributed by atoms with E-state index in [0.717, 1.165) is 11.1 Å². The Hall–Kier alpha value is -3.92. The van der Waals surface area contributed by atoms with E-state index in [4.69, 9.17) is 10.00 Å². The predicted molar refractivity (Wildman–Crippen MR) is 98.3 cm³/mol. The van der Waals surface area contributed by atoms with Crippen LogP contribution in [0.5, 0.6) is 0 Å². The molecule has 3 rings (SSSR count). The molecule has 0 unspecified atom stereocenters. The van der Waals surface area contributed by atoms with Crippen molar-refractivity contribution >= 4 is 28.7 Å². The molecule has 0 saturated heterocycles. The van der Waals surface area contributed by atoms with Crippen LogP contribution in [0.4, 0.5) is 10.5 Å². The zero-order chi connectivity index (χ0) is 19.2. The van der Waals surface area contributed by atoms with Gasteiger partial charge < -0.3 is 9.84 Å². The van der Waals surface area contributed by atoms with Crippen LogP contribution >= 0.6 is 0 Å². The number of aromatic nitrogens is 1. The SMILES string of the molecule is N#CCc1ccc2cc(NC(=O)OCc3ccccc3)c(C(=O)O)nc2c1. The third-order valence-corrected chi connectivity index (χ3v) is 3.82. The van der Waals surface area contributed by atoms with Gasteiger partial charge in [0.05, 0.1) is 23.7 Å². The van der Waals surface area contributed by atoms with Crippen molar-refractivity contribution < 1.29 is 19.4 Å². The molecule has 3 aromatic rings. The van der Waals surface area contributed by atoms with E-state index >= 15 is 0 Å². The summed E-state index contributed by atoms with van der Waals surface area (Å²) in [5.41, 5.74) is 1.72. The summed E-state index contributed by atoms with van der Waals surface area (Å²) in [4.78, 5) is 27.7. The van der Waals surface area contributed by atoms with E-state index in [1.165, 1.54) is 6.07 Å². The van der Waals surface area contributed by atoms with Crippen LogP contribution in [0.3, 0.4) is 0 Å². The van der Waals surface area contributed by atoms with Gasteiger partial charge in [0.2, 0.25) is 0 Å². The number of nitriles is 1. The number of aromatic carboxylic acids is 1. The highest BCUT2D eigenvalue weighted by Crippen LogP contribution is 2.23. The highest BCUT2D eigenvalue weighted by Gasteiger charge is 2.17. The van der Waals surface area contributed by atoms with E-state index in [1.807, 2.05) is 36.4 Å². The van der Waals surface area contributed by atoms with Gasteiger partial charge in [-0.15, -0.1) is 0 Å². The molecule has 134 valence electrons. The van der Waals surface area contributed by atoms with Gasteiger partial charge in [0.25, 0.3) is 0 Å². The van der Waals surface area contributed by atoms with Crippen LogP contribution in [0.15, 0.2) is 54.6 Å². The molecule has 1 amide bonds. The van der Waals surface area contributed by atoms with Crippen LogP contribution < -0.4 is 5.32 Å². The molecule has 0 atom stereocenters. The number of benzene rings is 2. The average molecular weight is 361 g/mol. The van der Waals surface area contributed by atoms with Gasteiger partial charge in [-0.1, -0.05) is 42.5 Å². The van der Waals surface area contributed by atoms with Gasteiger partial charge in [-0.05, 0) is 23.3 Å². The molecule has 0 aliphatic rings. The number of carbonyl (C=O) groups is 2. The number of carboxylic acid groups (broad SMARTS) is 1. The summed E-state index contributed by atoms with van der Waals surface area (Å²) in [5, 5.41) is 21.3. The number of rotatable bonds is 5. The smallest absolute Gasteiger partial charge is 0.412 e. The first-order valence-electron chi connectivity index (χ1n) is 8.08. The summed E-state index contributed by atoms with van der Waals surface area (Å²) in [6.45, 7) is 0.0631. The zero-order valence-electron chi connectivity index (χ0n) is 14.2. The summed E-state index contributed by atoms with van der Waals surface area (Å²) in [6.07, 6.45) is -0.574. The maximum atomic E-state index is 12.0. The number of hydrogen-bond acceptors (Lipinski definition) is 5. The van der Waals surface area contributed by atoms with Gasteiger partial charge in [0.15, 0.2) is 5.69 Å².